The molecule has 4 heteroatoms. The second-order valence-electron chi connectivity index (χ2n) is 3.05. The number of amides is 1. The van der Waals surface area contributed by atoms with E-state index in [9.17, 15) is 4.79 Å². The Balaban J connectivity index is 2.49. The zero-order valence-electron chi connectivity index (χ0n) is 8.11. The van der Waals surface area contributed by atoms with E-state index in [-0.39, 0.29) is 5.91 Å². The number of carbonyl (C=O) groups is 1. The summed E-state index contributed by atoms with van der Waals surface area (Å²) in [5.41, 5.74) is 1.03. The summed E-state index contributed by atoms with van der Waals surface area (Å²) in [7, 11) is 1.77. The number of nitrogens with zero attached hydrogens (tertiary/aromatic N) is 2. The average Bonchev–Trinajstić information content (AvgIpc) is 2.19. The Morgan fingerprint density at radius 2 is 2.43 bits per heavy atom. The highest BCUT2D eigenvalue weighted by Crippen LogP contribution is 2.02. The average molecular weight is 213 g/mol. The van der Waals surface area contributed by atoms with Crippen molar-refractivity contribution < 1.29 is 4.79 Å². The van der Waals surface area contributed by atoms with Gasteiger partial charge in [-0.05, 0) is 11.6 Å². The van der Waals surface area contributed by atoms with Crippen molar-refractivity contribution in [2.24, 2.45) is 0 Å². The Labute approximate surface area is 88.7 Å². The van der Waals surface area contributed by atoms with Gasteiger partial charge in [-0.25, -0.2) is 0 Å². The third kappa shape index (κ3) is 3.34. The Morgan fingerprint density at radius 3 is 3.00 bits per heavy atom. The van der Waals surface area contributed by atoms with Crippen LogP contribution in [0, 0.1) is 0 Å². The molecule has 1 heterocycles. The molecule has 0 saturated heterocycles. The molecule has 0 unspecified atom stereocenters. The maximum absolute atomic E-state index is 11.4. The second-order valence-corrected chi connectivity index (χ2v) is 3.43. The van der Waals surface area contributed by atoms with Crippen LogP contribution in [0.2, 0.25) is 0 Å². The lowest BCUT2D eigenvalue weighted by atomic mass is 10.2. The van der Waals surface area contributed by atoms with Gasteiger partial charge in [0.15, 0.2) is 0 Å². The van der Waals surface area contributed by atoms with Crippen molar-refractivity contribution in [1.82, 2.24) is 9.88 Å². The van der Waals surface area contributed by atoms with Gasteiger partial charge in [-0.15, -0.1) is 11.6 Å². The molecule has 0 N–H and O–H groups in total. The highest BCUT2D eigenvalue weighted by molar-refractivity contribution is 6.18. The lowest BCUT2D eigenvalue weighted by Gasteiger charge is -2.16. The van der Waals surface area contributed by atoms with Gasteiger partial charge in [0.05, 0.1) is 0 Å². The van der Waals surface area contributed by atoms with Crippen LogP contribution in [0.3, 0.4) is 0 Å². The summed E-state index contributed by atoms with van der Waals surface area (Å²) < 4.78 is 0. The Bertz CT molecular complexity index is 289. The zero-order chi connectivity index (χ0) is 10.4. The number of pyridine rings is 1. The van der Waals surface area contributed by atoms with Gasteiger partial charge in [0.2, 0.25) is 5.91 Å². The molecule has 0 aliphatic rings. The van der Waals surface area contributed by atoms with Crippen LogP contribution in [0.15, 0.2) is 24.5 Å². The molecule has 0 saturated carbocycles. The molecular weight excluding hydrogens is 200 g/mol. The first kappa shape index (κ1) is 11.0. The zero-order valence-corrected chi connectivity index (χ0v) is 8.87. The van der Waals surface area contributed by atoms with E-state index in [1.54, 1.807) is 24.3 Å². The molecule has 1 aromatic rings. The summed E-state index contributed by atoms with van der Waals surface area (Å²) in [5.74, 6) is 0.430. The van der Waals surface area contributed by atoms with Crippen LogP contribution in [-0.4, -0.2) is 28.7 Å². The van der Waals surface area contributed by atoms with Gasteiger partial charge in [-0.3, -0.25) is 9.78 Å². The second kappa shape index (κ2) is 5.60. The van der Waals surface area contributed by atoms with Gasteiger partial charge in [0.1, 0.15) is 0 Å². The van der Waals surface area contributed by atoms with Gasteiger partial charge in [0, 0.05) is 38.3 Å². The smallest absolute Gasteiger partial charge is 0.223 e. The van der Waals surface area contributed by atoms with Crippen molar-refractivity contribution >= 4 is 17.5 Å². The number of hydrogen-bond acceptors (Lipinski definition) is 2. The molecule has 14 heavy (non-hydrogen) atoms. The number of hydrogen-bond donors (Lipinski definition) is 0. The lowest BCUT2D eigenvalue weighted by molar-refractivity contribution is -0.129. The Kier molecular flexibility index (Phi) is 4.40. The standard InChI is InChI=1S/C10H13ClN2O/c1-13(10(14)4-5-11)8-9-3-2-6-12-7-9/h2-3,6-7H,4-5,8H2,1H3. The maximum atomic E-state index is 11.4. The number of aromatic nitrogens is 1. The van der Waals surface area contributed by atoms with Crippen molar-refractivity contribution in [3.05, 3.63) is 30.1 Å². The van der Waals surface area contributed by atoms with E-state index in [1.807, 2.05) is 12.1 Å². The monoisotopic (exact) mass is 212 g/mol. The minimum Gasteiger partial charge on any atom is -0.341 e. The Hall–Kier alpha value is -1.09. The van der Waals surface area contributed by atoms with E-state index in [0.29, 0.717) is 18.8 Å². The molecule has 0 spiro atoms. The largest absolute Gasteiger partial charge is 0.341 e. The number of alkyl halides is 1. The molecule has 1 rings (SSSR count). The molecule has 0 bridgehead atoms. The van der Waals surface area contributed by atoms with Crippen molar-refractivity contribution in [1.29, 1.82) is 0 Å². The van der Waals surface area contributed by atoms with Crippen LogP contribution in [0.5, 0.6) is 0 Å². The summed E-state index contributed by atoms with van der Waals surface area (Å²) in [6, 6.07) is 3.80. The summed E-state index contributed by atoms with van der Waals surface area (Å²) >= 11 is 5.48. The van der Waals surface area contributed by atoms with E-state index in [1.165, 1.54) is 0 Å². The maximum Gasteiger partial charge on any atom is 0.223 e. The van der Waals surface area contributed by atoms with Crippen molar-refractivity contribution in [3.63, 3.8) is 0 Å². The minimum atomic E-state index is 0.0591. The molecule has 0 fully saturated rings. The first-order valence-electron chi connectivity index (χ1n) is 4.43. The van der Waals surface area contributed by atoms with Gasteiger partial charge < -0.3 is 4.90 Å². The van der Waals surface area contributed by atoms with Crippen molar-refractivity contribution in [2.75, 3.05) is 12.9 Å². The van der Waals surface area contributed by atoms with Crippen LogP contribution >= 0.6 is 11.6 Å². The van der Waals surface area contributed by atoms with E-state index in [0.717, 1.165) is 5.56 Å². The van der Waals surface area contributed by atoms with Gasteiger partial charge in [0.25, 0.3) is 0 Å². The predicted octanol–water partition coefficient (Wildman–Crippen LogP) is 1.67. The molecule has 1 aromatic heterocycles. The summed E-state index contributed by atoms with van der Waals surface area (Å²) in [5, 5.41) is 0. The fourth-order valence-corrected chi connectivity index (χ4v) is 1.29. The van der Waals surface area contributed by atoms with E-state index >= 15 is 0 Å². The van der Waals surface area contributed by atoms with E-state index in [4.69, 9.17) is 11.6 Å². The quantitative estimate of drug-likeness (QED) is 0.712. The van der Waals surface area contributed by atoms with Crippen LogP contribution in [-0.2, 0) is 11.3 Å². The van der Waals surface area contributed by atoms with E-state index < -0.39 is 0 Å². The lowest BCUT2D eigenvalue weighted by Crippen LogP contribution is -2.26. The van der Waals surface area contributed by atoms with Crippen LogP contribution in [0.4, 0.5) is 0 Å². The summed E-state index contributed by atoms with van der Waals surface area (Å²) in [6.45, 7) is 0.587. The van der Waals surface area contributed by atoms with Crippen LogP contribution in [0.25, 0.3) is 0 Å². The Morgan fingerprint density at radius 1 is 1.64 bits per heavy atom. The number of rotatable bonds is 4. The van der Waals surface area contributed by atoms with E-state index in [2.05, 4.69) is 4.98 Å². The molecule has 0 aliphatic heterocycles. The molecule has 0 radical (unpaired) electrons. The highest BCUT2D eigenvalue weighted by Gasteiger charge is 2.07. The summed E-state index contributed by atoms with van der Waals surface area (Å²) in [6.07, 6.45) is 3.85. The summed E-state index contributed by atoms with van der Waals surface area (Å²) in [4.78, 5) is 17.0. The van der Waals surface area contributed by atoms with Crippen molar-refractivity contribution in [3.8, 4) is 0 Å². The predicted molar refractivity (Wildman–Crippen MR) is 56.0 cm³/mol. The normalized spacial score (nSPS) is 9.86. The highest BCUT2D eigenvalue weighted by atomic mass is 35.5. The number of carbonyl (C=O) groups excluding carboxylic acids is 1. The fraction of sp³-hybridized carbons (Fsp3) is 0.400. The minimum absolute atomic E-state index is 0.0591. The third-order valence-corrected chi connectivity index (χ3v) is 2.07. The van der Waals surface area contributed by atoms with Gasteiger partial charge in [-0.1, -0.05) is 6.07 Å². The van der Waals surface area contributed by atoms with Gasteiger partial charge in [-0.2, -0.15) is 0 Å². The molecule has 76 valence electrons. The third-order valence-electron chi connectivity index (χ3n) is 1.88. The molecule has 0 atom stereocenters. The molecule has 1 amide bonds. The molecule has 0 aliphatic carbocycles. The molecule has 0 aromatic carbocycles. The van der Waals surface area contributed by atoms with Crippen LogP contribution in [0.1, 0.15) is 12.0 Å². The molecule has 3 nitrogen and oxygen atoms in total. The van der Waals surface area contributed by atoms with Gasteiger partial charge >= 0.3 is 0 Å². The molecular formula is C10H13ClN2O. The first-order valence-corrected chi connectivity index (χ1v) is 4.96. The fourth-order valence-electron chi connectivity index (χ4n) is 1.13. The SMILES string of the molecule is CN(Cc1cccnc1)C(=O)CCCl. The van der Waals surface area contributed by atoms with Crippen LogP contribution < -0.4 is 0 Å². The number of halogens is 1. The van der Waals surface area contributed by atoms with Crippen molar-refractivity contribution in [2.45, 2.75) is 13.0 Å². The first-order chi connectivity index (χ1) is 6.74. The topological polar surface area (TPSA) is 33.2 Å².